The molecule has 1 N–H and O–H groups in total. The van der Waals surface area contributed by atoms with Crippen molar-refractivity contribution in [2.45, 2.75) is 25.4 Å². The lowest BCUT2D eigenvalue weighted by Crippen LogP contribution is -2.34. The first-order valence-corrected chi connectivity index (χ1v) is 9.96. The molecule has 1 saturated heterocycles. The van der Waals surface area contributed by atoms with Crippen LogP contribution >= 0.6 is 0 Å². The predicted molar refractivity (Wildman–Crippen MR) is 116 cm³/mol. The van der Waals surface area contributed by atoms with Gasteiger partial charge in [-0.05, 0) is 30.0 Å². The number of benzene rings is 3. The zero-order valence-electron chi connectivity index (χ0n) is 16.0. The molecule has 4 rings (SSSR count). The molecule has 3 aromatic rings. The maximum absolute atomic E-state index is 10.7. The Labute approximate surface area is 167 Å². The second-order valence-corrected chi connectivity index (χ2v) is 7.38. The fourth-order valence-electron chi connectivity index (χ4n) is 3.77. The van der Waals surface area contributed by atoms with Crippen molar-refractivity contribution in [3.63, 3.8) is 0 Å². The quantitative estimate of drug-likeness (QED) is 0.631. The lowest BCUT2D eigenvalue weighted by molar-refractivity contribution is 0.206. The van der Waals surface area contributed by atoms with Crippen molar-refractivity contribution in [2.75, 3.05) is 13.1 Å². The smallest absolute Gasteiger partial charge is 0.132 e. The van der Waals surface area contributed by atoms with Crippen LogP contribution in [0, 0.1) is 0 Å². The van der Waals surface area contributed by atoms with E-state index in [2.05, 4.69) is 35.2 Å². The van der Waals surface area contributed by atoms with Crippen LogP contribution in [-0.4, -0.2) is 35.4 Å². The van der Waals surface area contributed by atoms with Crippen molar-refractivity contribution in [3.8, 4) is 16.9 Å². The van der Waals surface area contributed by atoms with Gasteiger partial charge in [-0.1, -0.05) is 72.8 Å². The highest BCUT2D eigenvalue weighted by Gasteiger charge is 2.18. The van der Waals surface area contributed by atoms with Gasteiger partial charge in [0.05, 0.1) is 6.04 Å². The van der Waals surface area contributed by atoms with Crippen LogP contribution in [0.3, 0.4) is 0 Å². The van der Waals surface area contributed by atoms with Gasteiger partial charge in [0.1, 0.15) is 5.75 Å². The Morgan fingerprint density at radius 1 is 0.857 bits per heavy atom. The average molecular weight is 370 g/mol. The summed E-state index contributed by atoms with van der Waals surface area (Å²) >= 11 is 0. The topological polar surface area (TPSA) is 35.8 Å². The van der Waals surface area contributed by atoms with Gasteiger partial charge in [0, 0.05) is 37.0 Å². The van der Waals surface area contributed by atoms with Crippen molar-refractivity contribution in [1.82, 2.24) is 4.90 Å². The molecule has 1 aliphatic rings. The number of phenolic OH excluding ortho intramolecular Hbond substituents is 1. The van der Waals surface area contributed by atoms with Gasteiger partial charge in [-0.25, -0.2) is 0 Å². The first-order chi connectivity index (χ1) is 13.8. The summed E-state index contributed by atoms with van der Waals surface area (Å²) in [5.41, 5.74) is 4.02. The standard InChI is InChI=1S/C25H26N2O/c28-25-22(12-7-13-24(25)21-10-5-2-6-11-21)18-26-23-14-16-27(17-15-23)19-20-8-3-1-4-9-20/h1-13,18,23,28H,14-17,19H2. The second kappa shape index (κ2) is 8.85. The van der Waals surface area contributed by atoms with Crippen molar-refractivity contribution >= 4 is 6.21 Å². The first kappa shape index (κ1) is 18.5. The number of likely N-dealkylation sites (tertiary alicyclic amines) is 1. The highest BCUT2D eigenvalue weighted by Crippen LogP contribution is 2.31. The predicted octanol–water partition coefficient (Wildman–Crippen LogP) is 5.14. The van der Waals surface area contributed by atoms with E-state index in [1.165, 1.54) is 5.56 Å². The van der Waals surface area contributed by atoms with Gasteiger partial charge in [0.2, 0.25) is 0 Å². The van der Waals surface area contributed by atoms with E-state index in [1.54, 1.807) is 0 Å². The number of rotatable bonds is 5. The Morgan fingerprint density at radius 2 is 1.54 bits per heavy atom. The summed E-state index contributed by atoms with van der Waals surface area (Å²) in [5.74, 6) is 0.305. The fraction of sp³-hybridized carbons (Fsp3) is 0.240. The molecule has 0 bridgehead atoms. The average Bonchev–Trinajstić information content (AvgIpc) is 2.75. The SMILES string of the molecule is Oc1c(C=NC2CCN(Cc3ccccc3)CC2)cccc1-c1ccccc1. The minimum atomic E-state index is 0.305. The van der Waals surface area contributed by atoms with Gasteiger partial charge in [-0.3, -0.25) is 9.89 Å². The number of aromatic hydroxyl groups is 1. The monoisotopic (exact) mass is 370 g/mol. The molecule has 1 fully saturated rings. The Bertz CT molecular complexity index is 914. The summed E-state index contributed by atoms with van der Waals surface area (Å²) in [7, 11) is 0. The van der Waals surface area contributed by atoms with Gasteiger partial charge in [0.25, 0.3) is 0 Å². The molecule has 3 heteroatoms. The molecule has 142 valence electrons. The van der Waals surface area contributed by atoms with Crippen LogP contribution in [0.4, 0.5) is 0 Å². The lowest BCUT2D eigenvalue weighted by Gasteiger charge is -2.30. The van der Waals surface area contributed by atoms with E-state index in [9.17, 15) is 5.11 Å². The number of aliphatic imine (C=N–C) groups is 1. The molecule has 0 amide bonds. The normalized spacial score (nSPS) is 15.9. The van der Waals surface area contributed by atoms with E-state index in [0.717, 1.165) is 49.2 Å². The van der Waals surface area contributed by atoms with E-state index in [0.29, 0.717) is 11.8 Å². The van der Waals surface area contributed by atoms with Crippen LogP contribution in [0.15, 0.2) is 83.9 Å². The molecular weight excluding hydrogens is 344 g/mol. The number of hydrogen-bond donors (Lipinski definition) is 1. The van der Waals surface area contributed by atoms with Crippen LogP contribution in [0.2, 0.25) is 0 Å². The number of phenols is 1. The summed E-state index contributed by atoms with van der Waals surface area (Å²) in [6.07, 6.45) is 3.96. The van der Waals surface area contributed by atoms with Crippen LogP contribution in [-0.2, 0) is 6.54 Å². The number of hydrogen-bond acceptors (Lipinski definition) is 3. The van der Waals surface area contributed by atoms with E-state index in [-0.39, 0.29) is 0 Å². The van der Waals surface area contributed by atoms with Crippen molar-refractivity contribution in [2.24, 2.45) is 4.99 Å². The Morgan fingerprint density at radius 3 is 2.25 bits per heavy atom. The van der Waals surface area contributed by atoms with Gasteiger partial charge in [-0.15, -0.1) is 0 Å². The fourth-order valence-corrected chi connectivity index (χ4v) is 3.77. The summed E-state index contributed by atoms with van der Waals surface area (Å²) in [4.78, 5) is 7.27. The minimum Gasteiger partial charge on any atom is -0.507 e. The van der Waals surface area contributed by atoms with E-state index < -0.39 is 0 Å². The van der Waals surface area contributed by atoms with Crippen molar-refractivity contribution in [3.05, 3.63) is 90.0 Å². The third-order valence-corrected chi connectivity index (χ3v) is 5.38. The molecule has 0 saturated carbocycles. The van der Waals surface area contributed by atoms with E-state index in [1.807, 2.05) is 54.7 Å². The lowest BCUT2D eigenvalue weighted by atomic mass is 10.0. The van der Waals surface area contributed by atoms with Crippen LogP contribution in [0.5, 0.6) is 5.75 Å². The zero-order chi connectivity index (χ0) is 19.2. The number of piperidine rings is 1. The molecule has 1 heterocycles. The van der Waals surface area contributed by atoms with E-state index >= 15 is 0 Å². The molecule has 3 nitrogen and oxygen atoms in total. The zero-order valence-corrected chi connectivity index (χ0v) is 16.0. The maximum atomic E-state index is 10.7. The van der Waals surface area contributed by atoms with E-state index in [4.69, 9.17) is 4.99 Å². The number of para-hydroxylation sites is 1. The maximum Gasteiger partial charge on any atom is 0.132 e. The third kappa shape index (κ3) is 4.49. The highest BCUT2D eigenvalue weighted by atomic mass is 16.3. The first-order valence-electron chi connectivity index (χ1n) is 9.96. The molecule has 0 unspecified atom stereocenters. The van der Waals surface area contributed by atoms with Gasteiger partial charge in [-0.2, -0.15) is 0 Å². The molecule has 0 spiro atoms. The molecule has 0 aliphatic carbocycles. The molecule has 0 atom stereocenters. The molecule has 0 radical (unpaired) electrons. The molecule has 1 aliphatic heterocycles. The Kier molecular flexibility index (Phi) is 5.83. The molecular formula is C25H26N2O. The molecule has 3 aromatic carbocycles. The summed E-state index contributed by atoms with van der Waals surface area (Å²) < 4.78 is 0. The Hall–Kier alpha value is -2.91. The summed E-state index contributed by atoms with van der Waals surface area (Å²) in [6, 6.07) is 26.8. The van der Waals surface area contributed by atoms with Crippen LogP contribution in [0.25, 0.3) is 11.1 Å². The largest absolute Gasteiger partial charge is 0.507 e. The second-order valence-electron chi connectivity index (χ2n) is 7.38. The van der Waals surface area contributed by atoms with Crippen molar-refractivity contribution in [1.29, 1.82) is 0 Å². The third-order valence-electron chi connectivity index (χ3n) is 5.38. The Balaban J connectivity index is 1.38. The van der Waals surface area contributed by atoms with Gasteiger partial charge < -0.3 is 5.11 Å². The summed E-state index contributed by atoms with van der Waals surface area (Å²) in [5, 5.41) is 10.7. The van der Waals surface area contributed by atoms with Gasteiger partial charge in [0.15, 0.2) is 0 Å². The molecule has 0 aromatic heterocycles. The van der Waals surface area contributed by atoms with Crippen LogP contribution in [0.1, 0.15) is 24.0 Å². The van der Waals surface area contributed by atoms with Crippen LogP contribution < -0.4 is 0 Å². The molecule has 28 heavy (non-hydrogen) atoms. The summed E-state index contributed by atoms with van der Waals surface area (Å²) in [6.45, 7) is 3.14. The highest BCUT2D eigenvalue weighted by molar-refractivity contribution is 5.88. The minimum absolute atomic E-state index is 0.305. The van der Waals surface area contributed by atoms with Gasteiger partial charge >= 0.3 is 0 Å². The van der Waals surface area contributed by atoms with Crippen molar-refractivity contribution < 1.29 is 5.11 Å². The number of nitrogens with zero attached hydrogens (tertiary/aromatic N) is 2.